The topological polar surface area (TPSA) is 26.0 Å². The van der Waals surface area contributed by atoms with Gasteiger partial charge in [0.25, 0.3) is 0 Å². The largest absolute Gasteiger partial charge is 0.399 e. The van der Waals surface area contributed by atoms with E-state index in [1.54, 1.807) is 0 Å². The predicted molar refractivity (Wildman–Crippen MR) is 54.0 cm³/mol. The van der Waals surface area contributed by atoms with Gasteiger partial charge in [-0.15, -0.1) is 0 Å². The van der Waals surface area contributed by atoms with Crippen LogP contribution >= 0.6 is 0 Å². The number of rotatable bonds is 3. The smallest absolute Gasteiger partial charge is 0.0314 e. The number of aryl methyl sites for hydroxylation is 1. The van der Waals surface area contributed by atoms with Crippen molar-refractivity contribution in [3.05, 3.63) is 29.8 Å². The minimum atomic E-state index is 0.780. The third kappa shape index (κ3) is 2.95. The molecule has 12 heavy (non-hydrogen) atoms. The maximum Gasteiger partial charge on any atom is 0.0314 e. The molecule has 0 heterocycles. The van der Waals surface area contributed by atoms with E-state index in [0.717, 1.165) is 18.0 Å². The Labute approximate surface area is 74.6 Å². The van der Waals surface area contributed by atoms with E-state index < -0.39 is 0 Å². The fourth-order valence-electron chi connectivity index (χ4n) is 1.14. The first-order valence-corrected chi connectivity index (χ1v) is 4.53. The second-order valence-electron chi connectivity index (χ2n) is 3.67. The highest BCUT2D eigenvalue weighted by Gasteiger charge is 1.95. The molecule has 0 saturated heterocycles. The zero-order valence-electron chi connectivity index (χ0n) is 7.88. The number of hydrogen-bond donors (Lipinski definition) is 1. The summed E-state index contributed by atoms with van der Waals surface area (Å²) in [5.41, 5.74) is 7.82. The first kappa shape index (κ1) is 9.11. The van der Waals surface area contributed by atoms with Crippen molar-refractivity contribution in [3.63, 3.8) is 0 Å². The molecule has 2 N–H and O–H groups in total. The molecule has 0 bridgehead atoms. The van der Waals surface area contributed by atoms with Gasteiger partial charge in [-0.25, -0.2) is 0 Å². The molecule has 1 aromatic carbocycles. The maximum atomic E-state index is 5.58. The molecule has 1 heteroatoms. The number of nitrogen functional groups attached to an aromatic ring is 1. The lowest BCUT2D eigenvalue weighted by atomic mass is 10.0. The fourth-order valence-corrected chi connectivity index (χ4v) is 1.14. The van der Waals surface area contributed by atoms with Crippen molar-refractivity contribution in [1.29, 1.82) is 0 Å². The molecule has 0 saturated carbocycles. The zero-order valence-corrected chi connectivity index (χ0v) is 7.88. The molecule has 0 radical (unpaired) electrons. The van der Waals surface area contributed by atoms with Crippen LogP contribution in [0.15, 0.2) is 24.3 Å². The molecule has 0 aliphatic rings. The summed E-state index contributed by atoms with van der Waals surface area (Å²) in [5, 5.41) is 0. The van der Waals surface area contributed by atoms with E-state index in [1.165, 1.54) is 12.0 Å². The van der Waals surface area contributed by atoms with E-state index in [1.807, 2.05) is 12.1 Å². The highest BCUT2D eigenvalue weighted by molar-refractivity contribution is 5.39. The first-order chi connectivity index (χ1) is 5.68. The zero-order chi connectivity index (χ0) is 8.97. The molecule has 0 aliphatic heterocycles. The Hall–Kier alpha value is -0.980. The molecular weight excluding hydrogens is 146 g/mol. The van der Waals surface area contributed by atoms with Crippen LogP contribution in [0.1, 0.15) is 25.8 Å². The highest BCUT2D eigenvalue weighted by atomic mass is 14.5. The number of nitrogens with two attached hydrogens (primary N) is 1. The van der Waals surface area contributed by atoms with Gasteiger partial charge in [0.2, 0.25) is 0 Å². The summed E-state index contributed by atoms with van der Waals surface area (Å²) in [5.74, 6) is 0.780. The van der Waals surface area contributed by atoms with E-state index in [4.69, 9.17) is 5.73 Å². The fraction of sp³-hybridized carbons (Fsp3) is 0.455. The Morgan fingerprint density at radius 2 is 1.75 bits per heavy atom. The van der Waals surface area contributed by atoms with Crippen LogP contribution in [0, 0.1) is 5.92 Å². The third-order valence-corrected chi connectivity index (χ3v) is 1.99. The van der Waals surface area contributed by atoms with E-state index in [9.17, 15) is 0 Å². The Morgan fingerprint density at radius 3 is 2.25 bits per heavy atom. The standard InChI is InChI=1S/C11H17N/c1-9(2)3-4-10-5-7-11(12)8-6-10/h5-9H,3-4,12H2,1-2H3. The van der Waals surface area contributed by atoms with Crippen molar-refractivity contribution in [3.8, 4) is 0 Å². The van der Waals surface area contributed by atoms with Crippen molar-refractivity contribution in [2.45, 2.75) is 26.7 Å². The minimum Gasteiger partial charge on any atom is -0.399 e. The predicted octanol–water partition coefficient (Wildman–Crippen LogP) is 2.86. The number of benzene rings is 1. The summed E-state index contributed by atoms with van der Waals surface area (Å²) >= 11 is 0. The quantitative estimate of drug-likeness (QED) is 0.681. The van der Waals surface area contributed by atoms with Gasteiger partial charge in [0.1, 0.15) is 0 Å². The molecule has 1 rings (SSSR count). The Balaban J connectivity index is 2.48. The maximum absolute atomic E-state index is 5.58. The summed E-state index contributed by atoms with van der Waals surface area (Å²) in [6.07, 6.45) is 2.42. The second-order valence-corrected chi connectivity index (χ2v) is 3.67. The van der Waals surface area contributed by atoms with Gasteiger partial charge in [-0.2, -0.15) is 0 Å². The molecular formula is C11H17N. The average Bonchev–Trinajstić information content (AvgIpc) is 2.03. The van der Waals surface area contributed by atoms with Gasteiger partial charge in [0, 0.05) is 5.69 Å². The summed E-state index contributed by atoms with van der Waals surface area (Å²) in [6, 6.07) is 8.15. The summed E-state index contributed by atoms with van der Waals surface area (Å²) in [7, 11) is 0. The number of anilines is 1. The molecule has 0 aliphatic carbocycles. The summed E-state index contributed by atoms with van der Waals surface area (Å²) in [6.45, 7) is 4.49. The third-order valence-electron chi connectivity index (χ3n) is 1.99. The molecule has 0 aromatic heterocycles. The van der Waals surface area contributed by atoms with Gasteiger partial charge < -0.3 is 5.73 Å². The lowest BCUT2D eigenvalue weighted by Gasteiger charge is -2.04. The SMILES string of the molecule is CC(C)CCc1ccc(N)cc1. The molecule has 1 aromatic rings. The van der Waals surface area contributed by atoms with E-state index in [2.05, 4.69) is 26.0 Å². The van der Waals surface area contributed by atoms with Crippen LogP contribution in [0.25, 0.3) is 0 Å². The van der Waals surface area contributed by atoms with Crippen LogP contribution < -0.4 is 5.73 Å². The van der Waals surface area contributed by atoms with E-state index >= 15 is 0 Å². The Bertz CT molecular complexity index is 223. The van der Waals surface area contributed by atoms with E-state index in [0.29, 0.717) is 0 Å². The Kier molecular flexibility index (Phi) is 3.15. The van der Waals surface area contributed by atoms with Gasteiger partial charge in [-0.1, -0.05) is 26.0 Å². The van der Waals surface area contributed by atoms with Crippen LogP contribution in [0.4, 0.5) is 5.69 Å². The van der Waals surface area contributed by atoms with Crippen molar-refractivity contribution < 1.29 is 0 Å². The van der Waals surface area contributed by atoms with Crippen molar-refractivity contribution >= 4 is 5.69 Å². The molecule has 66 valence electrons. The van der Waals surface area contributed by atoms with Crippen LogP contribution in [-0.2, 0) is 6.42 Å². The highest BCUT2D eigenvalue weighted by Crippen LogP contribution is 2.10. The molecule has 1 nitrogen and oxygen atoms in total. The Morgan fingerprint density at radius 1 is 1.17 bits per heavy atom. The normalized spacial score (nSPS) is 10.6. The lowest BCUT2D eigenvalue weighted by Crippen LogP contribution is -1.92. The molecule has 0 fully saturated rings. The van der Waals surface area contributed by atoms with Crippen LogP contribution in [0.2, 0.25) is 0 Å². The van der Waals surface area contributed by atoms with Crippen LogP contribution in [0.5, 0.6) is 0 Å². The molecule has 0 amide bonds. The van der Waals surface area contributed by atoms with Crippen molar-refractivity contribution in [2.24, 2.45) is 5.92 Å². The van der Waals surface area contributed by atoms with Crippen molar-refractivity contribution in [1.82, 2.24) is 0 Å². The summed E-state index contributed by atoms with van der Waals surface area (Å²) in [4.78, 5) is 0. The van der Waals surface area contributed by atoms with Crippen LogP contribution in [0.3, 0.4) is 0 Å². The average molecular weight is 163 g/mol. The second kappa shape index (κ2) is 4.15. The number of hydrogen-bond acceptors (Lipinski definition) is 1. The molecule has 0 atom stereocenters. The van der Waals surface area contributed by atoms with Gasteiger partial charge in [-0.3, -0.25) is 0 Å². The van der Waals surface area contributed by atoms with E-state index in [-0.39, 0.29) is 0 Å². The van der Waals surface area contributed by atoms with Gasteiger partial charge in [-0.05, 0) is 36.5 Å². The van der Waals surface area contributed by atoms with Gasteiger partial charge in [0.15, 0.2) is 0 Å². The monoisotopic (exact) mass is 163 g/mol. The van der Waals surface area contributed by atoms with Gasteiger partial charge >= 0.3 is 0 Å². The van der Waals surface area contributed by atoms with Gasteiger partial charge in [0.05, 0.1) is 0 Å². The minimum absolute atomic E-state index is 0.780. The van der Waals surface area contributed by atoms with Crippen molar-refractivity contribution in [2.75, 3.05) is 5.73 Å². The summed E-state index contributed by atoms with van der Waals surface area (Å²) < 4.78 is 0. The first-order valence-electron chi connectivity index (χ1n) is 4.53. The lowest BCUT2D eigenvalue weighted by molar-refractivity contribution is 0.587. The molecule has 0 unspecified atom stereocenters. The molecule has 0 spiro atoms. The van der Waals surface area contributed by atoms with Crippen LogP contribution in [-0.4, -0.2) is 0 Å².